The molecule has 0 atom stereocenters. The molecular formula is C16H25N5O. The van der Waals surface area contributed by atoms with Crippen LogP contribution in [0.5, 0.6) is 0 Å². The molecule has 1 aromatic carbocycles. The molecule has 6 heteroatoms. The average molecular weight is 303 g/mol. The molecule has 3 N–H and O–H groups in total. The maximum atomic E-state index is 5.38. The van der Waals surface area contributed by atoms with Crippen molar-refractivity contribution in [3.63, 3.8) is 0 Å². The number of aromatic nitrogens is 2. The van der Waals surface area contributed by atoms with E-state index in [1.165, 1.54) is 0 Å². The minimum atomic E-state index is -0.226. The van der Waals surface area contributed by atoms with Gasteiger partial charge in [-0.05, 0) is 26.0 Å². The van der Waals surface area contributed by atoms with Gasteiger partial charge < -0.3 is 20.4 Å². The summed E-state index contributed by atoms with van der Waals surface area (Å²) in [5, 5.41) is 6.54. The van der Waals surface area contributed by atoms with Crippen molar-refractivity contribution in [3.8, 4) is 0 Å². The lowest BCUT2D eigenvalue weighted by atomic mass is 10.1. The Kier molecular flexibility index (Phi) is 5.38. The summed E-state index contributed by atoms with van der Waals surface area (Å²) < 4.78 is 5.38. The van der Waals surface area contributed by atoms with Gasteiger partial charge in [-0.2, -0.15) is 0 Å². The van der Waals surface area contributed by atoms with Gasteiger partial charge in [-0.25, -0.2) is 4.98 Å². The van der Waals surface area contributed by atoms with E-state index in [1.807, 2.05) is 38.1 Å². The first kappa shape index (κ1) is 16.3. The number of H-pyrrole nitrogens is 1. The van der Waals surface area contributed by atoms with E-state index in [2.05, 4.69) is 25.6 Å². The number of para-hydroxylation sites is 2. The smallest absolute Gasteiger partial charge is 0.191 e. The summed E-state index contributed by atoms with van der Waals surface area (Å²) in [5.74, 6) is 1.74. The molecule has 0 amide bonds. The van der Waals surface area contributed by atoms with Crippen molar-refractivity contribution in [3.05, 3.63) is 30.1 Å². The van der Waals surface area contributed by atoms with Crippen LogP contribution in [0.4, 0.5) is 0 Å². The highest BCUT2D eigenvalue weighted by atomic mass is 16.5. The third kappa shape index (κ3) is 4.46. The molecule has 0 radical (unpaired) electrons. The van der Waals surface area contributed by atoms with Crippen molar-refractivity contribution in [1.29, 1.82) is 0 Å². The summed E-state index contributed by atoms with van der Waals surface area (Å²) in [7, 11) is 3.47. The molecule has 0 aliphatic rings. The number of benzene rings is 1. The second-order valence-corrected chi connectivity index (χ2v) is 5.77. The minimum absolute atomic E-state index is 0.226. The Balaban J connectivity index is 1.81. The van der Waals surface area contributed by atoms with Gasteiger partial charge in [-0.1, -0.05) is 12.1 Å². The predicted molar refractivity (Wildman–Crippen MR) is 90.3 cm³/mol. The quantitative estimate of drug-likeness (QED) is 0.561. The van der Waals surface area contributed by atoms with E-state index < -0.39 is 0 Å². The number of nitrogens with zero attached hydrogens (tertiary/aromatic N) is 2. The first-order valence-electron chi connectivity index (χ1n) is 7.47. The highest BCUT2D eigenvalue weighted by molar-refractivity contribution is 5.79. The van der Waals surface area contributed by atoms with Crippen molar-refractivity contribution < 1.29 is 4.74 Å². The molecule has 2 rings (SSSR count). The van der Waals surface area contributed by atoms with Gasteiger partial charge in [0.05, 0.1) is 16.6 Å². The van der Waals surface area contributed by atoms with E-state index >= 15 is 0 Å². The van der Waals surface area contributed by atoms with Crippen LogP contribution in [0.1, 0.15) is 19.7 Å². The number of hydrogen-bond acceptors (Lipinski definition) is 3. The summed E-state index contributed by atoms with van der Waals surface area (Å²) in [6, 6.07) is 8.04. The number of fused-ring (bicyclic) bond motifs is 1. The lowest BCUT2D eigenvalue weighted by Gasteiger charge is -2.24. The Labute approximate surface area is 131 Å². The molecule has 0 bridgehead atoms. The first-order valence-corrected chi connectivity index (χ1v) is 7.47. The topological polar surface area (TPSA) is 74.3 Å². The van der Waals surface area contributed by atoms with E-state index in [9.17, 15) is 0 Å². The Morgan fingerprint density at radius 3 is 2.77 bits per heavy atom. The van der Waals surface area contributed by atoms with Crippen LogP contribution in [0.15, 0.2) is 29.3 Å². The first-order chi connectivity index (χ1) is 10.5. The van der Waals surface area contributed by atoms with E-state index in [-0.39, 0.29) is 5.60 Å². The van der Waals surface area contributed by atoms with Crippen LogP contribution in [0.25, 0.3) is 11.0 Å². The molecule has 1 heterocycles. The SMILES string of the molecule is CN=C(NCCc1nc2ccccc2[nH]1)NCC(C)(C)OC. The van der Waals surface area contributed by atoms with Crippen molar-refractivity contribution in [2.45, 2.75) is 25.9 Å². The average Bonchev–Trinajstić information content (AvgIpc) is 2.93. The molecule has 0 fully saturated rings. The highest BCUT2D eigenvalue weighted by Gasteiger charge is 2.16. The molecule has 120 valence electrons. The van der Waals surface area contributed by atoms with Crippen molar-refractivity contribution in [2.24, 2.45) is 4.99 Å². The third-order valence-electron chi connectivity index (χ3n) is 3.55. The number of aliphatic imine (C=N–C) groups is 1. The lowest BCUT2D eigenvalue weighted by molar-refractivity contribution is 0.0268. The van der Waals surface area contributed by atoms with Gasteiger partial charge in [-0.3, -0.25) is 4.99 Å². The summed E-state index contributed by atoms with van der Waals surface area (Å²) in [4.78, 5) is 12.1. The Morgan fingerprint density at radius 1 is 1.32 bits per heavy atom. The van der Waals surface area contributed by atoms with Crippen LogP contribution < -0.4 is 10.6 Å². The van der Waals surface area contributed by atoms with Crippen LogP contribution in [0.3, 0.4) is 0 Å². The number of imidazole rings is 1. The van der Waals surface area contributed by atoms with Gasteiger partial charge in [0.1, 0.15) is 5.82 Å². The van der Waals surface area contributed by atoms with Crippen LogP contribution in [-0.4, -0.2) is 48.8 Å². The monoisotopic (exact) mass is 303 g/mol. The molecular weight excluding hydrogens is 278 g/mol. The fourth-order valence-electron chi connectivity index (χ4n) is 2.01. The minimum Gasteiger partial charge on any atom is -0.377 e. The highest BCUT2D eigenvalue weighted by Crippen LogP contribution is 2.10. The zero-order valence-electron chi connectivity index (χ0n) is 13.7. The second-order valence-electron chi connectivity index (χ2n) is 5.77. The fourth-order valence-corrected chi connectivity index (χ4v) is 2.01. The molecule has 22 heavy (non-hydrogen) atoms. The van der Waals surface area contributed by atoms with E-state index in [0.717, 1.165) is 35.8 Å². The normalized spacial score (nSPS) is 12.6. The molecule has 0 spiro atoms. The number of aromatic amines is 1. The van der Waals surface area contributed by atoms with Crippen LogP contribution in [0.2, 0.25) is 0 Å². The molecule has 6 nitrogen and oxygen atoms in total. The number of methoxy groups -OCH3 is 1. The van der Waals surface area contributed by atoms with Gasteiger partial charge in [-0.15, -0.1) is 0 Å². The summed E-state index contributed by atoms with van der Waals surface area (Å²) >= 11 is 0. The second kappa shape index (κ2) is 7.26. The molecule has 2 aromatic rings. The summed E-state index contributed by atoms with van der Waals surface area (Å²) in [6.07, 6.45) is 0.809. The molecule has 0 aliphatic carbocycles. The third-order valence-corrected chi connectivity index (χ3v) is 3.55. The number of nitrogens with one attached hydrogen (secondary N) is 3. The molecule has 0 aliphatic heterocycles. The summed E-state index contributed by atoms with van der Waals surface area (Å²) in [5.41, 5.74) is 1.85. The Bertz CT molecular complexity index is 599. The van der Waals surface area contributed by atoms with Crippen LogP contribution >= 0.6 is 0 Å². The van der Waals surface area contributed by atoms with Gasteiger partial charge in [0.25, 0.3) is 0 Å². The van der Waals surface area contributed by atoms with E-state index in [0.29, 0.717) is 6.54 Å². The Hall–Kier alpha value is -2.08. The van der Waals surface area contributed by atoms with Gasteiger partial charge in [0.2, 0.25) is 0 Å². The number of rotatable bonds is 6. The number of ether oxygens (including phenoxy) is 1. The number of guanidine groups is 1. The molecule has 0 saturated heterocycles. The predicted octanol–water partition coefficient (Wildman–Crippen LogP) is 1.70. The van der Waals surface area contributed by atoms with Crippen molar-refractivity contribution in [1.82, 2.24) is 20.6 Å². The molecule has 0 saturated carbocycles. The van der Waals surface area contributed by atoms with Crippen molar-refractivity contribution in [2.75, 3.05) is 27.2 Å². The number of hydrogen-bond donors (Lipinski definition) is 3. The van der Waals surface area contributed by atoms with Gasteiger partial charge in [0.15, 0.2) is 5.96 Å². The standard InChI is InChI=1S/C16H25N5O/c1-16(2,22-4)11-19-15(17-3)18-10-9-14-20-12-7-5-6-8-13(12)21-14/h5-8H,9-11H2,1-4H3,(H,20,21)(H2,17,18,19). The molecule has 1 aromatic heterocycles. The van der Waals surface area contributed by atoms with Gasteiger partial charge >= 0.3 is 0 Å². The van der Waals surface area contributed by atoms with Gasteiger partial charge in [0, 0.05) is 33.7 Å². The van der Waals surface area contributed by atoms with Crippen LogP contribution in [0, 0.1) is 0 Å². The largest absolute Gasteiger partial charge is 0.377 e. The lowest BCUT2D eigenvalue weighted by Crippen LogP contribution is -2.45. The van der Waals surface area contributed by atoms with Crippen LogP contribution in [-0.2, 0) is 11.2 Å². The fraction of sp³-hybridized carbons (Fsp3) is 0.500. The maximum absolute atomic E-state index is 5.38. The maximum Gasteiger partial charge on any atom is 0.191 e. The van der Waals surface area contributed by atoms with E-state index in [4.69, 9.17) is 4.74 Å². The summed E-state index contributed by atoms with van der Waals surface area (Å²) in [6.45, 7) is 5.50. The Morgan fingerprint density at radius 2 is 2.09 bits per heavy atom. The zero-order chi connectivity index (χ0) is 16.0. The zero-order valence-corrected chi connectivity index (χ0v) is 13.7. The van der Waals surface area contributed by atoms with E-state index in [1.54, 1.807) is 14.2 Å². The molecule has 0 unspecified atom stereocenters. The van der Waals surface area contributed by atoms with Crippen molar-refractivity contribution >= 4 is 17.0 Å².